The first kappa shape index (κ1) is 25.1. The fraction of sp³-hybridized carbons (Fsp3) is 0.682. The number of hydrogen-bond donors (Lipinski definition) is 3. The highest BCUT2D eigenvalue weighted by Gasteiger charge is 2.41. The molecular weight excluding hydrogens is 469 g/mol. The van der Waals surface area contributed by atoms with Gasteiger partial charge in [-0.1, -0.05) is 18.9 Å². The van der Waals surface area contributed by atoms with Crippen LogP contribution in [0.4, 0.5) is 13.2 Å². The van der Waals surface area contributed by atoms with Crippen LogP contribution >= 0.6 is 0 Å². The molecule has 34 heavy (non-hydrogen) atoms. The van der Waals surface area contributed by atoms with Crippen LogP contribution in [-0.2, 0) is 16.2 Å². The van der Waals surface area contributed by atoms with Gasteiger partial charge in [-0.15, -0.1) is 10.2 Å². The minimum atomic E-state index is -4.90. The zero-order valence-corrected chi connectivity index (χ0v) is 19.7. The Morgan fingerprint density at radius 3 is 2.06 bits per heavy atom. The van der Waals surface area contributed by atoms with E-state index >= 15 is 0 Å². The van der Waals surface area contributed by atoms with Crippen LogP contribution < -0.4 is 10.9 Å². The summed E-state index contributed by atoms with van der Waals surface area (Å²) in [6, 6.07) is 2.16. The summed E-state index contributed by atoms with van der Waals surface area (Å²) in [4.78, 5) is -0.988. The van der Waals surface area contributed by atoms with Crippen LogP contribution in [0, 0.1) is 17.8 Å². The lowest BCUT2D eigenvalue weighted by molar-refractivity contribution is -0.139. The van der Waals surface area contributed by atoms with Gasteiger partial charge in [0.15, 0.2) is 0 Å². The van der Waals surface area contributed by atoms with Crippen molar-refractivity contribution < 1.29 is 21.6 Å². The second-order valence-electron chi connectivity index (χ2n) is 9.76. The van der Waals surface area contributed by atoms with Crippen molar-refractivity contribution in [1.82, 2.24) is 20.6 Å². The molecule has 188 valence electrons. The SMILES string of the molecule is NCC1CCC(CC2CCC(c3ccc(C(F)(F)F)c(S(N)(=O)=O)c3-c3nn[nH]n3)CC2)CC1. The van der Waals surface area contributed by atoms with Gasteiger partial charge >= 0.3 is 6.18 Å². The lowest BCUT2D eigenvalue weighted by Gasteiger charge is -2.34. The maximum Gasteiger partial charge on any atom is 0.417 e. The van der Waals surface area contributed by atoms with E-state index in [0.29, 0.717) is 23.3 Å². The number of nitrogens with one attached hydrogen (secondary N) is 1. The third-order valence-corrected chi connectivity index (χ3v) is 8.59. The molecule has 0 spiro atoms. The van der Waals surface area contributed by atoms with Gasteiger partial charge in [-0.2, -0.15) is 18.4 Å². The standard InChI is InChI=1S/C22H31F3N6O2S/c23-22(24,25)18-10-9-17(19(20(18)34(27,32)33)21-28-30-31-29-21)16-7-5-14(6-8-16)11-13-1-3-15(12-26)4-2-13/h9-10,13-16H,1-8,11-12,26H2,(H2,27,32,33)(H,28,29,30,31). The smallest absolute Gasteiger partial charge is 0.330 e. The molecule has 0 bridgehead atoms. The van der Waals surface area contributed by atoms with E-state index in [1.807, 2.05) is 0 Å². The van der Waals surface area contributed by atoms with E-state index in [2.05, 4.69) is 20.6 Å². The van der Waals surface area contributed by atoms with Crippen molar-refractivity contribution in [3.63, 3.8) is 0 Å². The van der Waals surface area contributed by atoms with Crippen LogP contribution in [0.15, 0.2) is 17.0 Å². The van der Waals surface area contributed by atoms with Crippen LogP contribution in [0.2, 0.25) is 0 Å². The number of nitrogens with zero attached hydrogens (tertiary/aromatic N) is 3. The van der Waals surface area contributed by atoms with E-state index in [9.17, 15) is 21.6 Å². The van der Waals surface area contributed by atoms with Gasteiger partial charge in [-0.05, 0) is 92.0 Å². The van der Waals surface area contributed by atoms with E-state index in [1.165, 1.54) is 31.7 Å². The van der Waals surface area contributed by atoms with Crippen molar-refractivity contribution in [2.45, 2.75) is 74.8 Å². The van der Waals surface area contributed by atoms with Crippen LogP contribution in [0.25, 0.3) is 11.4 Å². The average Bonchev–Trinajstić information content (AvgIpc) is 3.33. The first-order valence-electron chi connectivity index (χ1n) is 11.8. The highest BCUT2D eigenvalue weighted by molar-refractivity contribution is 7.89. The fourth-order valence-corrected chi connectivity index (χ4v) is 6.82. The molecule has 1 heterocycles. The molecule has 4 rings (SSSR count). The molecule has 8 nitrogen and oxygen atoms in total. The first-order chi connectivity index (χ1) is 16.1. The normalized spacial score (nSPS) is 26.5. The van der Waals surface area contributed by atoms with Crippen molar-refractivity contribution >= 4 is 10.0 Å². The quantitative estimate of drug-likeness (QED) is 0.548. The number of hydrogen-bond acceptors (Lipinski definition) is 6. The number of primary sulfonamides is 1. The van der Waals surface area contributed by atoms with Gasteiger partial charge in [0.25, 0.3) is 0 Å². The van der Waals surface area contributed by atoms with Gasteiger partial charge in [0.05, 0.1) is 5.56 Å². The lowest BCUT2D eigenvalue weighted by Crippen LogP contribution is -2.24. The molecule has 0 aliphatic heterocycles. The number of aromatic amines is 1. The van der Waals surface area contributed by atoms with Gasteiger partial charge in [0.1, 0.15) is 4.90 Å². The summed E-state index contributed by atoms with van der Waals surface area (Å²) >= 11 is 0. The summed E-state index contributed by atoms with van der Waals surface area (Å²) in [7, 11) is -4.72. The fourth-order valence-electron chi connectivity index (χ4n) is 5.84. The first-order valence-corrected chi connectivity index (χ1v) is 13.3. The molecule has 2 fully saturated rings. The van der Waals surface area contributed by atoms with Crippen molar-refractivity contribution in [1.29, 1.82) is 0 Å². The molecule has 0 atom stereocenters. The number of tetrazole rings is 1. The highest BCUT2D eigenvalue weighted by Crippen LogP contribution is 2.46. The number of sulfonamides is 1. The third kappa shape index (κ3) is 5.44. The number of benzene rings is 1. The summed E-state index contributed by atoms with van der Waals surface area (Å²) in [6.45, 7) is 0.758. The number of alkyl halides is 3. The molecular formula is C22H31F3N6O2S. The number of rotatable bonds is 6. The van der Waals surface area contributed by atoms with E-state index in [-0.39, 0.29) is 17.3 Å². The Balaban J connectivity index is 1.58. The molecule has 12 heteroatoms. The molecule has 2 aromatic rings. The minimum absolute atomic E-state index is 0.111. The van der Waals surface area contributed by atoms with Crippen molar-refractivity contribution in [3.05, 3.63) is 23.3 Å². The maximum absolute atomic E-state index is 13.7. The summed E-state index contributed by atoms with van der Waals surface area (Å²) in [5.41, 5.74) is 4.75. The van der Waals surface area contributed by atoms with Crippen LogP contribution in [-0.4, -0.2) is 35.6 Å². The maximum atomic E-state index is 13.7. The van der Waals surface area contributed by atoms with Crippen molar-refractivity contribution in [2.24, 2.45) is 28.6 Å². The Kier molecular flexibility index (Phi) is 7.30. The number of nitrogens with two attached hydrogens (primary N) is 2. The summed E-state index contributed by atoms with van der Waals surface area (Å²) in [5, 5.41) is 18.5. The summed E-state index contributed by atoms with van der Waals surface area (Å²) in [5.74, 6) is 1.60. The Hall–Kier alpha value is -2.05. The molecule has 1 aromatic heterocycles. The Morgan fingerprint density at radius 2 is 1.56 bits per heavy atom. The third-order valence-electron chi connectivity index (χ3n) is 7.60. The number of H-pyrrole nitrogens is 1. The second kappa shape index (κ2) is 9.90. The Labute approximate surface area is 197 Å². The lowest BCUT2D eigenvalue weighted by atomic mass is 9.71. The number of aromatic nitrogens is 4. The molecule has 2 saturated carbocycles. The Bertz CT molecular complexity index is 1070. The van der Waals surface area contributed by atoms with E-state index in [0.717, 1.165) is 44.7 Å². The van der Waals surface area contributed by atoms with Crippen LogP contribution in [0.3, 0.4) is 0 Å². The van der Waals surface area contributed by atoms with E-state index < -0.39 is 26.7 Å². The molecule has 0 unspecified atom stereocenters. The average molecular weight is 501 g/mol. The van der Waals surface area contributed by atoms with Gasteiger partial charge in [-0.25, -0.2) is 13.6 Å². The topological polar surface area (TPSA) is 141 Å². The zero-order valence-electron chi connectivity index (χ0n) is 18.9. The highest BCUT2D eigenvalue weighted by atomic mass is 32.2. The van der Waals surface area contributed by atoms with Gasteiger partial charge in [-0.3, -0.25) is 0 Å². The van der Waals surface area contributed by atoms with Gasteiger partial charge in [0.2, 0.25) is 15.8 Å². The zero-order chi connectivity index (χ0) is 24.5. The van der Waals surface area contributed by atoms with E-state index in [4.69, 9.17) is 10.9 Å². The predicted octanol–water partition coefficient (Wildman–Crippen LogP) is 3.96. The Morgan fingerprint density at radius 1 is 0.971 bits per heavy atom. The van der Waals surface area contributed by atoms with Crippen molar-refractivity contribution in [3.8, 4) is 11.4 Å². The van der Waals surface area contributed by atoms with Crippen LogP contribution in [0.1, 0.15) is 74.8 Å². The van der Waals surface area contributed by atoms with Crippen molar-refractivity contribution in [2.75, 3.05) is 6.54 Å². The predicted molar refractivity (Wildman–Crippen MR) is 120 cm³/mol. The summed E-state index contributed by atoms with van der Waals surface area (Å²) in [6.07, 6.45) is 4.44. The second-order valence-corrected chi connectivity index (χ2v) is 11.3. The molecule has 0 saturated heterocycles. The molecule has 2 aliphatic carbocycles. The monoisotopic (exact) mass is 500 g/mol. The molecule has 1 aromatic carbocycles. The van der Waals surface area contributed by atoms with Gasteiger partial charge < -0.3 is 5.73 Å². The van der Waals surface area contributed by atoms with Crippen LogP contribution in [0.5, 0.6) is 0 Å². The molecule has 2 aliphatic rings. The van der Waals surface area contributed by atoms with E-state index in [1.54, 1.807) is 0 Å². The molecule has 0 amide bonds. The van der Waals surface area contributed by atoms with Gasteiger partial charge in [0, 0.05) is 5.56 Å². The molecule has 5 N–H and O–H groups in total. The number of halogens is 3. The minimum Gasteiger partial charge on any atom is -0.330 e. The largest absolute Gasteiger partial charge is 0.417 e. The summed E-state index contributed by atoms with van der Waals surface area (Å²) < 4.78 is 65.8. The molecule has 0 radical (unpaired) electrons.